The Morgan fingerprint density at radius 2 is 1.70 bits per heavy atom. The summed E-state index contributed by atoms with van der Waals surface area (Å²) in [5, 5.41) is 2.71. The van der Waals surface area contributed by atoms with E-state index in [1.807, 2.05) is 26.0 Å². The van der Waals surface area contributed by atoms with Gasteiger partial charge in [0.1, 0.15) is 0 Å². The number of nitrogens with one attached hydrogen (secondary N) is 1. The topological polar surface area (TPSA) is 92.8 Å². The third-order valence-electron chi connectivity index (χ3n) is 5.25. The first-order valence-electron chi connectivity index (χ1n) is 9.93. The summed E-state index contributed by atoms with van der Waals surface area (Å²) in [5.41, 5.74) is 2.53. The minimum atomic E-state index is -3.80. The third kappa shape index (κ3) is 4.88. The summed E-state index contributed by atoms with van der Waals surface area (Å²) >= 11 is 0. The molecule has 1 amide bonds. The van der Waals surface area contributed by atoms with Crippen molar-refractivity contribution in [3.63, 3.8) is 0 Å². The first-order chi connectivity index (χ1) is 14.3. The molecule has 2 aromatic carbocycles. The summed E-state index contributed by atoms with van der Waals surface area (Å²) in [6.45, 7) is 4.18. The predicted molar refractivity (Wildman–Crippen MR) is 114 cm³/mol. The molecule has 1 aliphatic heterocycles. The van der Waals surface area contributed by atoms with E-state index in [1.165, 1.54) is 16.4 Å². The number of esters is 1. The van der Waals surface area contributed by atoms with E-state index in [1.54, 1.807) is 18.2 Å². The van der Waals surface area contributed by atoms with Gasteiger partial charge in [0, 0.05) is 18.8 Å². The van der Waals surface area contributed by atoms with Crippen LogP contribution >= 0.6 is 0 Å². The molecule has 0 bridgehead atoms. The van der Waals surface area contributed by atoms with E-state index in [9.17, 15) is 18.0 Å². The van der Waals surface area contributed by atoms with Crippen LogP contribution in [0.4, 0.5) is 5.69 Å². The van der Waals surface area contributed by atoms with Crippen molar-refractivity contribution in [2.24, 2.45) is 0 Å². The number of anilines is 1. The van der Waals surface area contributed by atoms with E-state index >= 15 is 0 Å². The van der Waals surface area contributed by atoms with E-state index in [2.05, 4.69) is 5.32 Å². The lowest BCUT2D eigenvalue weighted by molar-refractivity contribution is -0.119. The number of sulfonamides is 1. The highest BCUT2D eigenvalue weighted by Gasteiger charge is 2.30. The Kier molecular flexibility index (Phi) is 6.89. The Bertz CT molecular complexity index is 1040. The quantitative estimate of drug-likeness (QED) is 0.710. The zero-order chi connectivity index (χ0) is 21.7. The lowest BCUT2D eigenvalue weighted by atomic mass is 10.1. The van der Waals surface area contributed by atoms with Gasteiger partial charge in [0.25, 0.3) is 5.91 Å². The molecule has 1 N–H and O–H groups in total. The van der Waals surface area contributed by atoms with Gasteiger partial charge in [-0.25, -0.2) is 13.2 Å². The zero-order valence-electron chi connectivity index (χ0n) is 17.2. The van der Waals surface area contributed by atoms with Gasteiger partial charge in [-0.05, 0) is 56.0 Å². The molecule has 2 aromatic rings. The Balaban J connectivity index is 1.70. The molecule has 1 aliphatic rings. The molecular weight excluding hydrogens is 404 g/mol. The van der Waals surface area contributed by atoms with Crippen molar-refractivity contribution in [1.82, 2.24) is 4.31 Å². The van der Waals surface area contributed by atoms with Crippen LogP contribution in [0.1, 0.15) is 40.7 Å². The number of ether oxygens (including phenoxy) is 1. The van der Waals surface area contributed by atoms with Crippen LogP contribution in [-0.4, -0.2) is 44.3 Å². The summed E-state index contributed by atoms with van der Waals surface area (Å²) < 4.78 is 32.5. The molecule has 0 atom stereocenters. The minimum absolute atomic E-state index is 0.0670. The summed E-state index contributed by atoms with van der Waals surface area (Å²) in [5.74, 6) is -1.34. The number of amides is 1. The monoisotopic (exact) mass is 430 g/mol. The highest BCUT2D eigenvalue weighted by Crippen LogP contribution is 2.24. The lowest BCUT2D eigenvalue weighted by Crippen LogP contribution is -2.36. The van der Waals surface area contributed by atoms with E-state index in [0.29, 0.717) is 18.8 Å². The summed E-state index contributed by atoms with van der Waals surface area (Å²) in [4.78, 5) is 24.7. The number of piperidine rings is 1. The van der Waals surface area contributed by atoms with E-state index < -0.39 is 28.5 Å². The van der Waals surface area contributed by atoms with Crippen molar-refractivity contribution in [3.05, 3.63) is 59.2 Å². The van der Waals surface area contributed by atoms with Gasteiger partial charge in [-0.15, -0.1) is 0 Å². The molecule has 3 rings (SSSR count). The number of hydrogen-bond donors (Lipinski definition) is 1. The molecule has 160 valence electrons. The number of rotatable bonds is 6. The normalized spacial score (nSPS) is 14.9. The van der Waals surface area contributed by atoms with Crippen molar-refractivity contribution in [2.75, 3.05) is 25.0 Å². The number of benzene rings is 2. The van der Waals surface area contributed by atoms with Crippen molar-refractivity contribution in [3.8, 4) is 0 Å². The van der Waals surface area contributed by atoms with Crippen molar-refractivity contribution >= 4 is 27.6 Å². The Morgan fingerprint density at radius 3 is 2.43 bits per heavy atom. The highest BCUT2D eigenvalue weighted by molar-refractivity contribution is 7.89. The fourth-order valence-electron chi connectivity index (χ4n) is 3.39. The standard InChI is InChI=1S/C22H26N2O5S/c1-16-9-8-11-19(17(16)2)23-21(25)15-29-22(26)18-10-4-5-12-20(18)30(27,28)24-13-6-3-7-14-24/h4-5,8-12H,3,6-7,13-15H2,1-2H3,(H,23,25). The fourth-order valence-corrected chi connectivity index (χ4v) is 5.08. The smallest absolute Gasteiger partial charge is 0.340 e. The van der Waals surface area contributed by atoms with Crippen LogP contribution in [0.5, 0.6) is 0 Å². The van der Waals surface area contributed by atoms with Gasteiger partial charge in [-0.3, -0.25) is 4.79 Å². The molecule has 0 radical (unpaired) electrons. The Hall–Kier alpha value is -2.71. The Morgan fingerprint density at radius 1 is 1.00 bits per heavy atom. The maximum absolute atomic E-state index is 13.0. The van der Waals surface area contributed by atoms with Crippen LogP contribution in [0.25, 0.3) is 0 Å². The summed E-state index contributed by atoms with van der Waals surface area (Å²) in [7, 11) is -3.80. The molecule has 0 unspecified atom stereocenters. The number of nitrogens with zero attached hydrogens (tertiary/aromatic N) is 1. The molecule has 0 aliphatic carbocycles. The molecule has 8 heteroatoms. The first kappa shape index (κ1) is 22.0. The number of hydrogen-bond acceptors (Lipinski definition) is 5. The van der Waals surface area contributed by atoms with Crippen LogP contribution in [0.2, 0.25) is 0 Å². The molecule has 30 heavy (non-hydrogen) atoms. The minimum Gasteiger partial charge on any atom is -0.452 e. The first-order valence-corrected chi connectivity index (χ1v) is 11.4. The number of carbonyl (C=O) groups excluding carboxylic acids is 2. The number of carbonyl (C=O) groups is 2. The molecule has 1 fully saturated rings. The van der Waals surface area contributed by atoms with Crippen molar-refractivity contribution in [1.29, 1.82) is 0 Å². The van der Waals surface area contributed by atoms with E-state index in [0.717, 1.165) is 30.4 Å². The molecular formula is C22H26N2O5S. The maximum Gasteiger partial charge on any atom is 0.340 e. The zero-order valence-corrected chi connectivity index (χ0v) is 18.0. The third-order valence-corrected chi connectivity index (χ3v) is 7.21. The van der Waals surface area contributed by atoms with Gasteiger partial charge in [0.15, 0.2) is 6.61 Å². The second-order valence-corrected chi connectivity index (χ2v) is 9.24. The average molecular weight is 431 g/mol. The van der Waals surface area contributed by atoms with Gasteiger partial charge in [0.2, 0.25) is 10.0 Å². The molecule has 1 heterocycles. The van der Waals surface area contributed by atoms with Gasteiger partial charge < -0.3 is 10.1 Å². The summed E-state index contributed by atoms with van der Waals surface area (Å²) in [6, 6.07) is 11.5. The predicted octanol–water partition coefficient (Wildman–Crippen LogP) is 3.27. The van der Waals surface area contributed by atoms with Crippen LogP contribution in [-0.2, 0) is 19.6 Å². The fraction of sp³-hybridized carbons (Fsp3) is 0.364. The van der Waals surface area contributed by atoms with Gasteiger partial charge in [-0.2, -0.15) is 4.31 Å². The summed E-state index contributed by atoms with van der Waals surface area (Å²) in [6.07, 6.45) is 2.58. The maximum atomic E-state index is 13.0. The van der Waals surface area contributed by atoms with Gasteiger partial charge in [0.05, 0.1) is 10.5 Å². The second-order valence-electron chi connectivity index (χ2n) is 7.33. The van der Waals surface area contributed by atoms with Crippen LogP contribution in [0.15, 0.2) is 47.4 Å². The average Bonchev–Trinajstić information content (AvgIpc) is 2.76. The number of aryl methyl sites for hydroxylation is 1. The van der Waals surface area contributed by atoms with Crippen molar-refractivity contribution < 1.29 is 22.7 Å². The van der Waals surface area contributed by atoms with Crippen LogP contribution < -0.4 is 5.32 Å². The molecule has 1 saturated heterocycles. The molecule has 7 nitrogen and oxygen atoms in total. The lowest BCUT2D eigenvalue weighted by Gasteiger charge is -2.26. The van der Waals surface area contributed by atoms with Crippen molar-refractivity contribution in [2.45, 2.75) is 38.0 Å². The van der Waals surface area contributed by atoms with E-state index in [-0.39, 0.29) is 10.5 Å². The largest absolute Gasteiger partial charge is 0.452 e. The van der Waals surface area contributed by atoms with Crippen LogP contribution in [0.3, 0.4) is 0 Å². The van der Waals surface area contributed by atoms with Crippen LogP contribution in [0, 0.1) is 13.8 Å². The Labute approximate surface area is 177 Å². The highest BCUT2D eigenvalue weighted by atomic mass is 32.2. The van der Waals surface area contributed by atoms with Gasteiger partial charge >= 0.3 is 5.97 Å². The molecule has 0 aromatic heterocycles. The van der Waals surface area contributed by atoms with E-state index in [4.69, 9.17) is 4.74 Å². The SMILES string of the molecule is Cc1cccc(NC(=O)COC(=O)c2ccccc2S(=O)(=O)N2CCCCC2)c1C. The second kappa shape index (κ2) is 9.40. The molecule has 0 saturated carbocycles. The van der Waals surface area contributed by atoms with Gasteiger partial charge in [-0.1, -0.05) is 30.7 Å². The molecule has 0 spiro atoms.